The van der Waals surface area contributed by atoms with Crippen molar-refractivity contribution in [1.29, 1.82) is 0 Å². The van der Waals surface area contributed by atoms with E-state index in [4.69, 9.17) is 14.6 Å². The van der Waals surface area contributed by atoms with Crippen LogP contribution >= 0.6 is 0 Å². The van der Waals surface area contributed by atoms with Crippen molar-refractivity contribution in [3.8, 4) is 0 Å². The smallest absolute Gasteiger partial charge is 0.187 e. The maximum Gasteiger partial charge on any atom is 0.187 e. The van der Waals surface area contributed by atoms with Crippen LogP contribution in [0, 0.1) is 0 Å². The molecular formula is C13H24O11. The van der Waals surface area contributed by atoms with Gasteiger partial charge in [-0.25, -0.2) is 0 Å². The maximum absolute atomic E-state index is 10.0. The zero-order valence-electron chi connectivity index (χ0n) is 12.6. The third-order valence-electron chi connectivity index (χ3n) is 4.43. The fraction of sp³-hybridized carbons (Fsp3) is 1.00. The molecule has 11 nitrogen and oxygen atoms in total. The Morgan fingerprint density at radius 1 is 0.708 bits per heavy atom. The molecule has 9 N–H and O–H groups in total. The van der Waals surface area contributed by atoms with Crippen molar-refractivity contribution < 1.29 is 55.4 Å². The standard InChI is InChI=1S/C13H24O11/c14-2-5-7(18)9(20)11(22)13(23-5)24-12-4(16)1-3(15)6(17)8(19)10(12)21/h3-22H,1-2H2/t3?,4?,5?,6-,7-,8?,9?,10?,11?,12-,13+/m1/s1. The maximum atomic E-state index is 10.0. The Kier molecular flexibility index (Phi) is 6.50. The minimum absolute atomic E-state index is 0.433. The van der Waals surface area contributed by atoms with E-state index in [0.29, 0.717) is 0 Å². The largest absolute Gasteiger partial charge is 0.394 e. The SMILES string of the molecule is OCC1O[C@@H](O[C@@H]2C(O)CC(O)[C@@H](O)C(O)C2O)C(O)C(O)[C@@H]1O. The van der Waals surface area contributed by atoms with Crippen LogP contribution in [0.15, 0.2) is 0 Å². The highest BCUT2D eigenvalue weighted by molar-refractivity contribution is 4.96. The van der Waals surface area contributed by atoms with Crippen LogP contribution in [-0.4, -0.2) is 120 Å². The Bertz CT molecular complexity index is 407. The van der Waals surface area contributed by atoms with Gasteiger partial charge in [0.2, 0.25) is 0 Å². The van der Waals surface area contributed by atoms with Crippen molar-refractivity contribution >= 4 is 0 Å². The van der Waals surface area contributed by atoms with E-state index in [1.807, 2.05) is 0 Å². The topological polar surface area (TPSA) is 201 Å². The number of ether oxygens (including phenoxy) is 2. The van der Waals surface area contributed by atoms with Gasteiger partial charge in [0.1, 0.15) is 48.8 Å². The summed E-state index contributed by atoms with van der Waals surface area (Å²) in [7, 11) is 0. The van der Waals surface area contributed by atoms with Crippen molar-refractivity contribution in [1.82, 2.24) is 0 Å². The lowest BCUT2D eigenvalue weighted by Crippen LogP contribution is -2.61. The lowest BCUT2D eigenvalue weighted by molar-refractivity contribution is -0.326. The molecule has 0 aromatic carbocycles. The van der Waals surface area contributed by atoms with E-state index in [1.54, 1.807) is 0 Å². The average Bonchev–Trinajstić information content (AvgIpc) is 2.62. The first-order valence-electron chi connectivity index (χ1n) is 7.55. The molecule has 11 atom stereocenters. The predicted octanol–water partition coefficient (Wildman–Crippen LogP) is -5.62. The Morgan fingerprint density at radius 2 is 1.29 bits per heavy atom. The summed E-state index contributed by atoms with van der Waals surface area (Å²) in [4.78, 5) is 0. The van der Waals surface area contributed by atoms with Gasteiger partial charge >= 0.3 is 0 Å². The van der Waals surface area contributed by atoms with Gasteiger partial charge < -0.3 is 55.4 Å². The molecule has 24 heavy (non-hydrogen) atoms. The van der Waals surface area contributed by atoms with Crippen LogP contribution in [0.1, 0.15) is 6.42 Å². The quantitative estimate of drug-likeness (QED) is 0.218. The summed E-state index contributed by atoms with van der Waals surface area (Å²) in [5, 5.41) is 87.5. The fourth-order valence-corrected chi connectivity index (χ4v) is 2.88. The molecule has 0 spiro atoms. The molecule has 1 heterocycles. The molecule has 0 amide bonds. The van der Waals surface area contributed by atoms with Crippen LogP contribution < -0.4 is 0 Å². The number of hydrogen-bond acceptors (Lipinski definition) is 11. The molecule has 142 valence electrons. The first-order valence-corrected chi connectivity index (χ1v) is 7.55. The molecule has 1 aliphatic carbocycles. The predicted molar refractivity (Wildman–Crippen MR) is 73.3 cm³/mol. The molecule has 0 aromatic rings. The molecule has 1 aliphatic heterocycles. The Hall–Kier alpha value is -0.440. The lowest BCUT2D eigenvalue weighted by atomic mass is 9.98. The Balaban J connectivity index is 2.15. The van der Waals surface area contributed by atoms with E-state index in [9.17, 15) is 40.9 Å². The summed E-state index contributed by atoms with van der Waals surface area (Å²) in [5.74, 6) is 0. The van der Waals surface area contributed by atoms with Gasteiger partial charge in [0.05, 0.1) is 18.8 Å². The van der Waals surface area contributed by atoms with Gasteiger partial charge in [-0.05, 0) is 0 Å². The van der Waals surface area contributed by atoms with E-state index in [0.717, 1.165) is 0 Å². The van der Waals surface area contributed by atoms with Crippen LogP contribution in [0.3, 0.4) is 0 Å². The first kappa shape index (κ1) is 19.9. The van der Waals surface area contributed by atoms with Crippen LogP contribution in [0.4, 0.5) is 0 Å². The van der Waals surface area contributed by atoms with E-state index in [2.05, 4.69) is 0 Å². The number of rotatable bonds is 3. The van der Waals surface area contributed by atoms with Crippen LogP contribution in [0.25, 0.3) is 0 Å². The van der Waals surface area contributed by atoms with Gasteiger partial charge in [-0.15, -0.1) is 0 Å². The zero-order chi connectivity index (χ0) is 18.2. The summed E-state index contributed by atoms with van der Waals surface area (Å²) in [6.45, 7) is -0.694. The highest BCUT2D eigenvalue weighted by Gasteiger charge is 2.49. The Labute approximate surface area is 136 Å². The van der Waals surface area contributed by atoms with Crippen molar-refractivity contribution in [2.24, 2.45) is 0 Å². The second-order valence-corrected chi connectivity index (χ2v) is 6.14. The van der Waals surface area contributed by atoms with Gasteiger partial charge in [0.15, 0.2) is 6.29 Å². The number of aliphatic hydroxyl groups is 9. The molecule has 2 aliphatic rings. The van der Waals surface area contributed by atoms with Gasteiger partial charge in [0.25, 0.3) is 0 Å². The van der Waals surface area contributed by atoms with Crippen LogP contribution in [0.2, 0.25) is 0 Å². The normalized spacial score (nSPS) is 53.6. The monoisotopic (exact) mass is 356 g/mol. The Morgan fingerprint density at radius 3 is 1.88 bits per heavy atom. The fourth-order valence-electron chi connectivity index (χ4n) is 2.88. The van der Waals surface area contributed by atoms with Gasteiger partial charge in [-0.1, -0.05) is 0 Å². The minimum Gasteiger partial charge on any atom is -0.394 e. The summed E-state index contributed by atoms with van der Waals surface area (Å²) in [6.07, 6.45) is -18.5. The molecule has 1 saturated carbocycles. The van der Waals surface area contributed by atoms with E-state index >= 15 is 0 Å². The summed E-state index contributed by atoms with van der Waals surface area (Å²) in [5.41, 5.74) is 0. The highest BCUT2D eigenvalue weighted by atomic mass is 16.7. The van der Waals surface area contributed by atoms with Crippen LogP contribution in [0.5, 0.6) is 0 Å². The van der Waals surface area contributed by atoms with E-state index < -0.39 is 80.4 Å². The van der Waals surface area contributed by atoms with Gasteiger partial charge in [-0.3, -0.25) is 0 Å². The molecule has 2 fully saturated rings. The molecule has 2 rings (SSSR count). The van der Waals surface area contributed by atoms with Gasteiger partial charge in [0, 0.05) is 6.42 Å². The number of aliphatic hydroxyl groups excluding tert-OH is 9. The molecule has 7 unspecified atom stereocenters. The average molecular weight is 356 g/mol. The summed E-state index contributed by atoms with van der Waals surface area (Å²) < 4.78 is 10.3. The van der Waals surface area contributed by atoms with Gasteiger partial charge in [-0.2, -0.15) is 0 Å². The van der Waals surface area contributed by atoms with E-state index in [1.165, 1.54) is 0 Å². The zero-order valence-corrected chi connectivity index (χ0v) is 12.6. The van der Waals surface area contributed by atoms with Crippen molar-refractivity contribution in [3.05, 3.63) is 0 Å². The molecule has 0 aromatic heterocycles. The number of hydrogen-bond donors (Lipinski definition) is 9. The minimum atomic E-state index is -1.84. The molecule has 0 radical (unpaired) electrons. The molecular weight excluding hydrogens is 332 g/mol. The van der Waals surface area contributed by atoms with Crippen molar-refractivity contribution in [2.75, 3.05) is 6.61 Å². The molecule has 0 bridgehead atoms. The summed E-state index contributed by atoms with van der Waals surface area (Å²) in [6, 6.07) is 0. The van der Waals surface area contributed by atoms with Crippen LogP contribution in [-0.2, 0) is 9.47 Å². The van der Waals surface area contributed by atoms with E-state index in [-0.39, 0.29) is 0 Å². The molecule has 1 saturated heterocycles. The van der Waals surface area contributed by atoms with Crippen molar-refractivity contribution in [2.45, 2.75) is 73.8 Å². The first-order chi connectivity index (χ1) is 11.2. The second-order valence-electron chi connectivity index (χ2n) is 6.14. The summed E-state index contributed by atoms with van der Waals surface area (Å²) >= 11 is 0. The highest BCUT2D eigenvalue weighted by Crippen LogP contribution is 2.28. The second kappa shape index (κ2) is 7.85. The lowest BCUT2D eigenvalue weighted by Gasteiger charge is -2.42. The van der Waals surface area contributed by atoms with Crippen molar-refractivity contribution in [3.63, 3.8) is 0 Å². The third-order valence-corrected chi connectivity index (χ3v) is 4.43. The third kappa shape index (κ3) is 3.71. The molecule has 11 heteroatoms.